The number of para-hydroxylation sites is 1. The van der Waals surface area contributed by atoms with Crippen molar-refractivity contribution in [1.82, 2.24) is 4.90 Å². The van der Waals surface area contributed by atoms with E-state index in [4.69, 9.17) is 9.47 Å². The molecular weight excluding hydrogens is 392 g/mol. The van der Waals surface area contributed by atoms with Gasteiger partial charge in [0.15, 0.2) is 5.75 Å². The maximum atomic E-state index is 12.0. The third-order valence-corrected chi connectivity index (χ3v) is 4.51. The van der Waals surface area contributed by atoms with Crippen molar-refractivity contribution in [3.05, 3.63) is 32.8 Å². The summed E-state index contributed by atoms with van der Waals surface area (Å²) >= 11 is 3.18. The molecule has 0 aromatic heterocycles. The molecule has 0 atom stereocenters. The Labute approximate surface area is 155 Å². The molecule has 0 spiro atoms. The molecule has 0 saturated carbocycles. The van der Waals surface area contributed by atoms with Crippen LogP contribution in [0.2, 0.25) is 0 Å². The van der Waals surface area contributed by atoms with Crippen LogP contribution in [0.25, 0.3) is 0 Å². The van der Waals surface area contributed by atoms with Crippen molar-refractivity contribution in [3.63, 3.8) is 0 Å². The lowest BCUT2D eigenvalue weighted by atomic mass is 9.98. The van der Waals surface area contributed by atoms with Gasteiger partial charge in [-0.25, -0.2) is 4.79 Å². The molecule has 2 rings (SSSR count). The predicted molar refractivity (Wildman–Crippen MR) is 96.8 cm³/mol. The normalized spacial score (nSPS) is 15.8. The molecule has 0 aliphatic carbocycles. The van der Waals surface area contributed by atoms with Gasteiger partial charge in [-0.1, -0.05) is 6.07 Å². The van der Waals surface area contributed by atoms with Crippen LogP contribution < -0.4 is 4.74 Å². The monoisotopic (exact) mass is 414 g/mol. The number of hydrogen-bond acceptors (Lipinski definition) is 5. The molecule has 138 valence electrons. The Hall–Kier alpha value is -1.83. The van der Waals surface area contributed by atoms with Gasteiger partial charge in [-0.15, -0.1) is 0 Å². The number of nitro benzene ring substituents is 1. The number of carbonyl (C=O) groups is 1. The molecule has 1 aliphatic rings. The number of rotatable bonds is 4. The summed E-state index contributed by atoms with van der Waals surface area (Å²) < 4.78 is 11.5. The number of piperidine rings is 1. The summed E-state index contributed by atoms with van der Waals surface area (Å²) in [5.74, 6) is 0.506. The molecule has 1 heterocycles. The first-order valence-electron chi connectivity index (χ1n) is 8.21. The molecule has 1 aliphatic heterocycles. The van der Waals surface area contributed by atoms with Crippen molar-refractivity contribution in [1.29, 1.82) is 0 Å². The number of carbonyl (C=O) groups excluding carboxylic acids is 1. The Bertz CT molecular complexity index is 636. The van der Waals surface area contributed by atoms with Crippen molar-refractivity contribution in [3.8, 4) is 5.75 Å². The van der Waals surface area contributed by atoms with Gasteiger partial charge in [0, 0.05) is 13.1 Å². The Balaban J connectivity index is 1.86. The second kappa shape index (κ2) is 8.03. The van der Waals surface area contributed by atoms with Gasteiger partial charge < -0.3 is 14.4 Å². The Morgan fingerprint density at radius 2 is 2.00 bits per heavy atom. The van der Waals surface area contributed by atoms with Crippen LogP contribution in [-0.2, 0) is 4.74 Å². The van der Waals surface area contributed by atoms with Crippen molar-refractivity contribution < 1.29 is 19.2 Å². The zero-order chi connectivity index (χ0) is 18.6. The fraction of sp³-hybridized carbons (Fsp3) is 0.588. The summed E-state index contributed by atoms with van der Waals surface area (Å²) in [5, 5.41) is 11.2. The number of nitro groups is 1. The fourth-order valence-electron chi connectivity index (χ4n) is 2.61. The van der Waals surface area contributed by atoms with Crippen LogP contribution >= 0.6 is 15.9 Å². The molecule has 1 aromatic carbocycles. The van der Waals surface area contributed by atoms with E-state index in [2.05, 4.69) is 15.9 Å². The van der Waals surface area contributed by atoms with Crippen LogP contribution in [0.15, 0.2) is 22.7 Å². The maximum absolute atomic E-state index is 12.0. The quantitative estimate of drug-likeness (QED) is 0.538. The van der Waals surface area contributed by atoms with E-state index in [9.17, 15) is 14.9 Å². The van der Waals surface area contributed by atoms with Gasteiger partial charge in [0.25, 0.3) is 0 Å². The first-order chi connectivity index (χ1) is 11.7. The van der Waals surface area contributed by atoms with Crippen molar-refractivity contribution in [2.45, 2.75) is 39.2 Å². The second-order valence-electron chi connectivity index (χ2n) is 7.07. The first-order valence-corrected chi connectivity index (χ1v) is 9.00. The van der Waals surface area contributed by atoms with Crippen LogP contribution in [0.1, 0.15) is 33.6 Å². The molecular formula is C17H23BrN2O5. The summed E-state index contributed by atoms with van der Waals surface area (Å²) in [6.07, 6.45) is 1.26. The second-order valence-corrected chi connectivity index (χ2v) is 7.92. The number of amides is 1. The smallest absolute Gasteiger partial charge is 0.410 e. The molecule has 0 N–H and O–H groups in total. The number of halogens is 1. The molecule has 0 unspecified atom stereocenters. The van der Waals surface area contributed by atoms with Gasteiger partial charge in [-0.2, -0.15) is 0 Å². The zero-order valence-corrected chi connectivity index (χ0v) is 16.2. The minimum atomic E-state index is -0.503. The van der Waals surface area contributed by atoms with Gasteiger partial charge in [0.2, 0.25) is 0 Å². The minimum absolute atomic E-state index is 0.0614. The van der Waals surface area contributed by atoms with E-state index < -0.39 is 10.5 Å². The predicted octanol–water partition coefficient (Wildman–Crippen LogP) is 4.38. The number of likely N-dealkylation sites (tertiary alicyclic amines) is 1. The summed E-state index contributed by atoms with van der Waals surface area (Å²) in [4.78, 5) is 24.5. The topological polar surface area (TPSA) is 81.9 Å². The fourth-order valence-corrected chi connectivity index (χ4v) is 3.10. The van der Waals surface area contributed by atoms with Crippen LogP contribution in [0.5, 0.6) is 5.75 Å². The molecule has 1 aromatic rings. The third-order valence-electron chi connectivity index (χ3n) is 3.87. The zero-order valence-electron chi connectivity index (χ0n) is 14.7. The van der Waals surface area contributed by atoms with E-state index in [-0.39, 0.29) is 23.4 Å². The van der Waals surface area contributed by atoms with Crippen LogP contribution in [-0.4, -0.2) is 41.2 Å². The lowest BCUT2D eigenvalue weighted by Crippen LogP contribution is -2.42. The van der Waals surface area contributed by atoms with Gasteiger partial charge in [-0.05, 0) is 67.6 Å². The van der Waals surface area contributed by atoms with E-state index in [1.807, 2.05) is 20.8 Å². The number of benzene rings is 1. The highest BCUT2D eigenvalue weighted by Gasteiger charge is 2.28. The molecule has 1 amide bonds. The van der Waals surface area contributed by atoms with Gasteiger partial charge in [0.1, 0.15) is 5.60 Å². The molecule has 0 bridgehead atoms. The number of hydrogen-bond donors (Lipinski definition) is 0. The van der Waals surface area contributed by atoms with Gasteiger partial charge >= 0.3 is 11.8 Å². The molecule has 7 nitrogen and oxygen atoms in total. The van der Waals surface area contributed by atoms with E-state index in [1.54, 1.807) is 23.1 Å². The average Bonchev–Trinajstić information content (AvgIpc) is 2.51. The largest absolute Gasteiger partial charge is 0.486 e. The number of nitrogens with zero attached hydrogens (tertiary/aromatic N) is 2. The van der Waals surface area contributed by atoms with Crippen LogP contribution in [0.4, 0.5) is 10.5 Å². The Kier molecular flexibility index (Phi) is 6.26. The molecule has 1 saturated heterocycles. The molecule has 8 heteroatoms. The summed E-state index contributed by atoms with van der Waals surface area (Å²) in [6.45, 7) is 7.12. The van der Waals surface area contributed by atoms with E-state index in [0.717, 1.165) is 12.8 Å². The van der Waals surface area contributed by atoms with Crippen LogP contribution in [0, 0.1) is 16.0 Å². The summed E-state index contributed by atoms with van der Waals surface area (Å²) in [5.41, 5.74) is -0.565. The van der Waals surface area contributed by atoms with Crippen molar-refractivity contribution in [2.24, 2.45) is 5.92 Å². The lowest BCUT2D eigenvalue weighted by Gasteiger charge is -2.33. The van der Waals surface area contributed by atoms with E-state index in [0.29, 0.717) is 24.2 Å². The highest BCUT2D eigenvalue weighted by atomic mass is 79.9. The number of ether oxygens (including phenoxy) is 2. The Morgan fingerprint density at radius 3 is 2.56 bits per heavy atom. The highest BCUT2D eigenvalue weighted by molar-refractivity contribution is 9.10. The van der Waals surface area contributed by atoms with E-state index >= 15 is 0 Å². The summed E-state index contributed by atoms with van der Waals surface area (Å²) in [7, 11) is 0. The van der Waals surface area contributed by atoms with Gasteiger partial charge in [0.05, 0.1) is 16.0 Å². The van der Waals surface area contributed by atoms with Gasteiger partial charge in [-0.3, -0.25) is 10.1 Å². The average molecular weight is 415 g/mol. The van der Waals surface area contributed by atoms with Crippen molar-refractivity contribution >= 4 is 27.7 Å². The molecule has 1 fully saturated rings. The molecule has 0 radical (unpaired) electrons. The van der Waals surface area contributed by atoms with E-state index in [1.165, 1.54) is 0 Å². The van der Waals surface area contributed by atoms with Crippen LogP contribution in [0.3, 0.4) is 0 Å². The highest BCUT2D eigenvalue weighted by Crippen LogP contribution is 2.35. The SMILES string of the molecule is CC(C)(C)OC(=O)N1CCC(COc2cccc(Br)c2[N+](=O)[O-])CC1. The summed E-state index contributed by atoms with van der Waals surface area (Å²) in [6, 6.07) is 4.92. The lowest BCUT2D eigenvalue weighted by molar-refractivity contribution is -0.386. The third kappa shape index (κ3) is 5.59. The maximum Gasteiger partial charge on any atom is 0.410 e. The molecule has 25 heavy (non-hydrogen) atoms. The first kappa shape index (κ1) is 19.5. The van der Waals surface area contributed by atoms with Crippen molar-refractivity contribution in [2.75, 3.05) is 19.7 Å². The minimum Gasteiger partial charge on any atom is -0.486 e. The standard InChI is InChI=1S/C17H23BrN2O5/c1-17(2,3)25-16(21)19-9-7-12(8-10-19)11-24-14-6-4-5-13(18)15(14)20(22)23/h4-6,12H,7-11H2,1-3H3. The Morgan fingerprint density at radius 1 is 1.36 bits per heavy atom.